The summed E-state index contributed by atoms with van der Waals surface area (Å²) in [4.78, 5) is 7.51. The van der Waals surface area contributed by atoms with Crippen molar-refractivity contribution >= 4 is 38.8 Å². The summed E-state index contributed by atoms with van der Waals surface area (Å²) in [6.07, 6.45) is 4.53. The van der Waals surface area contributed by atoms with Gasteiger partial charge in [0.25, 0.3) is 10.0 Å². The lowest BCUT2D eigenvalue weighted by molar-refractivity contribution is 0.473. The lowest BCUT2D eigenvalue weighted by Crippen LogP contribution is -2.15. The lowest BCUT2D eigenvalue weighted by atomic mass is 10.1. The molecule has 8 nitrogen and oxygen atoms in total. The van der Waals surface area contributed by atoms with Crippen LogP contribution in [-0.2, 0) is 10.0 Å². The van der Waals surface area contributed by atoms with Crippen molar-refractivity contribution in [2.75, 3.05) is 4.72 Å². The van der Waals surface area contributed by atoms with Crippen LogP contribution in [0.25, 0.3) is 22.4 Å². The van der Waals surface area contributed by atoms with Crippen LogP contribution >= 0.6 is 22.9 Å². The van der Waals surface area contributed by atoms with E-state index < -0.39 is 26.6 Å². The average Bonchev–Trinajstić information content (AvgIpc) is 3.56. The minimum Gasteiger partial charge on any atom is -0.453 e. The highest BCUT2D eigenvalue weighted by molar-refractivity contribution is 7.92. The highest BCUT2D eigenvalue weighted by Gasteiger charge is 2.23. The molecule has 0 radical (unpaired) electrons. The maximum absolute atomic E-state index is 14.9. The first-order chi connectivity index (χ1) is 17.3. The van der Waals surface area contributed by atoms with Crippen LogP contribution < -0.4 is 9.46 Å². The maximum atomic E-state index is 14.9. The molecule has 0 aliphatic carbocycles. The molecule has 0 saturated carbocycles. The molecular weight excluding hydrogens is 532 g/mol. The first-order valence-corrected chi connectivity index (χ1v) is 12.9. The third kappa shape index (κ3) is 4.91. The molecule has 182 valence electrons. The molecule has 0 atom stereocenters. The third-order valence-electron chi connectivity index (χ3n) is 4.96. The summed E-state index contributed by atoms with van der Waals surface area (Å²) in [5, 5.41) is 7.95. The van der Waals surface area contributed by atoms with Gasteiger partial charge < -0.3 is 4.74 Å². The van der Waals surface area contributed by atoms with Gasteiger partial charge in [-0.05, 0) is 24.3 Å². The number of hydrogen-bond acceptors (Lipinski definition) is 7. The number of thiazole rings is 1. The number of aromatic amines is 1. The second kappa shape index (κ2) is 9.64. The molecular formula is C23H14ClF2N5O3S2. The number of sulfonamides is 1. The van der Waals surface area contributed by atoms with Gasteiger partial charge in [0.2, 0.25) is 0 Å². The molecule has 5 rings (SSSR count). The van der Waals surface area contributed by atoms with Crippen molar-refractivity contribution in [1.29, 1.82) is 0 Å². The lowest BCUT2D eigenvalue weighted by Gasteiger charge is -2.14. The summed E-state index contributed by atoms with van der Waals surface area (Å²) >= 11 is 7.46. The van der Waals surface area contributed by atoms with E-state index in [9.17, 15) is 17.2 Å². The van der Waals surface area contributed by atoms with Gasteiger partial charge in [0.1, 0.15) is 22.3 Å². The van der Waals surface area contributed by atoms with E-state index in [1.165, 1.54) is 40.6 Å². The van der Waals surface area contributed by atoms with Gasteiger partial charge in [-0.15, -0.1) is 11.3 Å². The van der Waals surface area contributed by atoms with E-state index in [4.69, 9.17) is 16.3 Å². The first kappa shape index (κ1) is 23.9. The van der Waals surface area contributed by atoms with Gasteiger partial charge in [0.15, 0.2) is 11.6 Å². The number of hydrogen-bond donors (Lipinski definition) is 2. The van der Waals surface area contributed by atoms with Crippen molar-refractivity contribution in [3.05, 3.63) is 88.6 Å². The minimum absolute atomic E-state index is 0.0602. The van der Waals surface area contributed by atoms with Gasteiger partial charge in [-0.1, -0.05) is 23.7 Å². The molecule has 0 fully saturated rings. The number of nitrogens with zero attached hydrogens (tertiary/aromatic N) is 3. The van der Waals surface area contributed by atoms with Gasteiger partial charge in [0, 0.05) is 34.3 Å². The molecule has 2 N–H and O–H groups in total. The molecule has 0 saturated heterocycles. The zero-order valence-electron chi connectivity index (χ0n) is 17.9. The SMILES string of the molecule is O=S(=O)(Nc1cscn1)c1cc(Cl)c(Oc2cnc(-c3cccc(F)c3)cc2-c2cn[nH]c2)cc1F. The second-order valence-corrected chi connectivity index (χ2v) is 10.1. The molecule has 3 aromatic heterocycles. The van der Waals surface area contributed by atoms with Crippen LogP contribution in [0.15, 0.2) is 76.8 Å². The molecule has 3 heterocycles. The van der Waals surface area contributed by atoms with Gasteiger partial charge in [-0.2, -0.15) is 5.10 Å². The van der Waals surface area contributed by atoms with Crippen molar-refractivity contribution in [1.82, 2.24) is 20.2 Å². The molecule has 13 heteroatoms. The van der Waals surface area contributed by atoms with E-state index in [0.29, 0.717) is 22.4 Å². The van der Waals surface area contributed by atoms with Crippen LogP contribution in [0, 0.1) is 11.6 Å². The predicted molar refractivity (Wildman–Crippen MR) is 132 cm³/mol. The van der Waals surface area contributed by atoms with Crippen LogP contribution in [0.4, 0.5) is 14.6 Å². The van der Waals surface area contributed by atoms with Crippen molar-refractivity contribution in [3.8, 4) is 33.9 Å². The molecule has 36 heavy (non-hydrogen) atoms. The fourth-order valence-corrected chi connectivity index (χ4v) is 5.23. The van der Waals surface area contributed by atoms with E-state index in [0.717, 1.165) is 12.1 Å². The summed E-state index contributed by atoms with van der Waals surface area (Å²) in [7, 11) is -4.29. The molecule has 2 aromatic carbocycles. The standard InChI is InChI=1S/C23H14ClF2N5O3S2/c24-17-6-22(36(32,33)31-23-11-35-12-28-23)18(26)7-20(17)34-21-10-27-19(13-2-1-3-15(25)4-13)5-16(21)14-8-29-30-9-14/h1-12,31H,(H,29,30). The highest BCUT2D eigenvalue weighted by Crippen LogP contribution is 2.39. The molecule has 0 spiro atoms. The van der Waals surface area contributed by atoms with E-state index in [1.54, 1.807) is 30.6 Å². The summed E-state index contributed by atoms with van der Waals surface area (Å²) in [5.41, 5.74) is 3.57. The summed E-state index contributed by atoms with van der Waals surface area (Å²) in [6, 6.07) is 9.42. The molecule has 0 unspecified atom stereocenters. The number of H-pyrrole nitrogens is 1. The number of halogens is 3. The number of aromatic nitrogens is 4. The zero-order chi connectivity index (χ0) is 25.3. The fraction of sp³-hybridized carbons (Fsp3) is 0. The molecule has 0 bridgehead atoms. The quantitative estimate of drug-likeness (QED) is 0.255. The van der Waals surface area contributed by atoms with E-state index in [1.807, 2.05) is 0 Å². The van der Waals surface area contributed by atoms with Crippen molar-refractivity contribution in [3.63, 3.8) is 0 Å². The molecule has 0 aliphatic heterocycles. The number of ether oxygens (including phenoxy) is 1. The summed E-state index contributed by atoms with van der Waals surface area (Å²) in [5.74, 6) is -1.38. The Labute approximate surface area is 212 Å². The normalized spacial score (nSPS) is 11.4. The van der Waals surface area contributed by atoms with Crippen molar-refractivity contribution in [2.24, 2.45) is 0 Å². The topological polar surface area (TPSA) is 110 Å². The molecule has 5 aromatic rings. The van der Waals surface area contributed by atoms with Crippen molar-refractivity contribution < 1.29 is 21.9 Å². The molecule has 0 amide bonds. The first-order valence-electron chi connectivity index (χ1n) is 10.1. The maximum Gasteiger partial charge on any atom is 0.266 e. The van der Waals surface area contributed by atoms with Crippen LogP contribution in [-0.4, -0.2) is 28.6 Å². The van der Waals surface area contributed by atoms with Crippen LogP contribution in [0.1, 0.15) is 0 Å². The van der Waals surface area contributed by atoms with Crippen LogP contribution in [0.3, 0.4) is 0 Å². The van der Waals surface area contributed by atoms with E-state index in [-0.39, 0.29) is 22.3 Å². The summed E-state index contributed by atoms with van der Waals surface area (Å²) < 4.78 is 61.9. The Hall–Kier alpha value is -3.87. The number of anilines is 1. The van der Waals surface area contributed by atoms with Gasteiger partial charge in [-0.3, -0.25) is 14.8 Å². The highest BCUT2D eigenvalue weighted by atomic mass is 35.5. The van der Waals surface area contributed by atoms with Gasteiger partial charge in [0.05, 0.1) is 28.6 Å². The van der Waals surface area contributed by atoms with Crippen LogP contribution in [0.2, 0.25) is 5.02 Å². The second-order valence-electron chi connectivity index (χ2n) is 7.36. The predicted octanol–water partition coefficient (Wildman–Crippen LogP) is 6.12. The third-order valence-corrected chi connectivity index (χ3v) is 7.22. The smallest absolute Gasteiger partial charge is 0.266 e. The number of pyridine rings is 1. The monoisotopic (exact) mass is 545 g/mol. The average molecular weight is 546 g/mol. The Morgan fingerprint density at radius 1 is 1.03 bits per heavy atom. The van der Waals surface area contributed by atoms with Gasteiger partial charge >= 0.3 is 0 Å². The van der Waals surface area contributed by atoms with Crippen LogP contribution in [0.5, 0.6) is 11.5 Å². The molecule has 0 aliphatic rings. The fourth-order valence-electron chi connectivity index (χ4n) is 3.32. The van der Waals surface area contributed by atoms with Crippen molar-refractivity contribution in [2.45, 2.75) is 4.90 Å². The number of nitrogens with one attached hydrogen (secondary N) is 2. The largest absolute Gasteiger partial charge is 0.453 e. The minimum atomic E-state index is -4.29. The number of rotatable bonds is 7. The summed E-state index contributed by atoms with van der Waals surface area (Å²) in [6.45, 7) is 0. The Morgan fingerprint density at radius 3 is 2.61 bits per heavy atom. The van der Waals surface area contributed by atoms with E-state index >= 15 is 0 Å². The Balaban J connectivity index is 1.51. The van der Waals surface area contributed by atoms with Gasteiger partial charge in [-0.25, -0.2) is 22.2 Å². The zero-order valence-corrected chi connectivity index (χ0v) is 20.3. The Bertz CT molecular complexity index is 1650. The Morgan fingerprint density at radius 2 is 1.89 bits per heavy atom. The number of benzene rings is 2. The van der Waals surface area contributed by atoms with E-state index in [2.05, 4.69) is 24.9 Å². The Kier molecular flexibility index (Phi) is 6.39.